The molecule has 1 rings (SSSR count). The van der Waals surface area contributed by atoms with Crippen LogP contribution >= 0.6 is 24.0 Å². The minimum absolute atomic E-state index is 0. The number of benzene rings is 1. The number of nitro benzene ring substituents is 1. The van der Waals surface area contributed by atoms with E-state index in [4.69, 9.17) is 17.3 Å². The summed E-state index contributed by atoms with van der Waals surface area (Å²) in [5.41, 5.74) is 4.92. The van der Waals surface area contributed by atoms with Crippen LogP contribution < -0.4 is 11.1 Å². The number of amides is 1. The highest BCUT2D eigenvalue weighted by Gasteiger charge is 2.27. The van der Waals surface area contributed by atoms with Gasteiger partial charge < -0.3 is 11.1 Å². The second kappa shape index (κ2) is 8.06. The lowest BCUT2D eigenvalue weighted by Gasteiger charge is -2.14. The van der Waals surface area contributed by atoms with Gasteiger partial charge in [0.25, 0.3) is 11.6 Å². The standard InChI is InChI=1S/C11H12ClF2N3O3.ClH/c12-9-4-8(17(19)20)2-1-7(9)3-10(18)16-6-11(13,14)5-15;/h1-2,4H,3,5-6,15H2,(H,16,18);1H. The molecule has 0 aliphatic rings. The number of alkyl halides is 2. The first-order chi connectivity index (χ1) is 9.25. The van der Waals surface area contributed by atoms with E-state index in [1.807, 2.05) is 5.32 Å². The van der Waals surface area contributed by atoms with Crippen LogP contribution in [0.3, 0.4) is 0 Å². The third kappa shape index (κ3) is 6.19. The molecule has 0 spiro atoms. The molecule has 1 aromatic carbocycles. The smallest absolute Gasteiger partial charge is 0.277 e. The Bertz CT molecular complexity index is 529. The maximum atomic E-state index is 12.8. The van der Waals surface area contributed by atoms with Crippen molar-refractivity contribution in [3.8, 4) is 0 Å². The molecule has 0 bridgehead atoms. The molecule has 0 saturated carbocycles. The van der Waals surface area contributed by atoms with Crippen LogP contribution in [0.2, 0.25) is 5.02 Å². The molecule has 0 aromatic heterocycles. The van der Waals surface area contributed by atoms with Gasteiger partial charge >= 0.3 is 0 Å². The molecule has 0 fully saturated rings. The highest BCUT2D eigenvalue weighted by atomic mass is 35.5. The van der Waals surface area contributed by atoms with Gasteiger partial charge in [-0.25, -0.2) is 8.78 Å². The molecule has 1 aromatic rings. The van der Waals surface area contributed by atoms with Gasteiger partial charge in [0, 0.05) is 12.1 Å². The third-order valence-corrected chi connectivity index (χ3v) is 2.79. The number of nitro groups is 1. The van der Waals surface area contributed by atoms with Crippen LogP contribution in [0.1, 0.15) is 5.56 Å². The number of halogens is 4. The van der Waals surface area contributed by atoms with Crippen molar-refractivity contribution in [2.75, 3.05) is 13.1 Å². The third-order valence-electron chi connectivity index (χ3n) is 2.44. The molecule has 21 heavy (non-hydrogen) atoms. The number of rotatable bonds is 6. The van der Waals surface area contributed by atoms with Gasteiger partial charge in [-0.15, -0.1) is 12.4 Å². The van der Waals surface area contributed by atoms with Crippen LogP contribution in [0, 0.1) is 10.1 Å². The second-order valence-electron chi connectivity index (χ2n) is 4.05. The lowest BCUT2D eigenvalue weighted by atomic mass is 10.1. The fourth-order valence-electron chi connectivity index (χ4n) is 1.33. The van der Waals surface area contributed by atoms with Crippen molar-refractivity contribution in [3.63, 3.8) is 0 Å². The van der Waals surface area contributed by atoms with Crippen molar-refractivity contribution in [3.05, 3.63) is 38.9 Å². The fraction of sp³-hybridized carbons (Fsp3) is 0.364. The van der Waals surface area contributed by atoms with Gasteiger partial charge in [-0.2, -0.15) is 0 Å². The molecule has 0 saturated heterocycles. The highest BCUT2D eigenvalue weighted by molar-refractivity contribution is 6.31. The van der Waals surface area contributed by atoms with E-state index in [2.05, 4.69) is 0 Å². The molecule has 118 valence electrons. The quantitative estimate of drug-likeness (QED) is 0.608. The summed E-state index contributed by atoms with van der Waals surface area (Å²) in [5, 5.41) is 12.6. The van der Waals surface area contributed by atoms with E-state index in [0.29, 0.717) is 5.56 Å². The summed E-state index contributed by atoms with van der Waals surface area (Å²) in [6.07, 6.45) is -0.253. The van der Waals surface area contributed by atoms with E-state index in [1.54, 1.807) is 0 Å². The number of nitrogens with one attached hydrogen (secondary N) is 1. The zero-order valence-corrected chi connectivity index (χ0v) is 12.2. The molecule has 1 amide bonds. The van der Waals surface area contributed by atoms with E-state index in [9.17, 15) is 23.7 Å². The summed E-state index contributed by atoms with van der Waals surface area (Å²) < 4.78 is 25.7. The monoisotopic (exact) mass is 343 g/mol. The number of carbonyl (C=O) groups is 1. The van der Waals surface area contributed by atoms with Gasteiger partial charge in [0.05, 0.1) is 29.5 Å². The summed E-state index contributed by atoms with van der Waals surface area (Å²) in [6, 6.07) is 3.59. The minimum atomic E-state index is -3.17. The van der Waals surface area contributed by atoms with Gasteiger partial charge in [0.1, 0.15) is 0 Å². The predicted molar refractivity (Wildman–Crippen MR) is 76.1 cm³/mol. The first-order valence-corrected chi connectivity index (χ1v) is 5.90. The van der Waals surface area contributed by atoms with Gasteiger partial charge in [0.15, 0.2) is 0 Å². The lowest BCUT2D eigenvalue weighted by molar-refractivity contribution is -0.384. The molecule has 6 nitrogen and oxygen atoms in total. The topological polar surface area (TPSA) is 98.3 Å². The minimum Gasteiger partial charge on any atom is -0.350 e. The summed E-state index contributed by atoms with van der Waals surface area (Å²) >= 11 is 5.78. The zero-order chi connectivity index (χ0) is 15.3. The number of non-ortho nitro benzene ring substituents is 1. The Balaban J connectivity index is 0.00000400. The number of nitrogens with zero attached hydrogens (tertiary/aromatic N) is 1. The maximum Gasteiger partial charge on any atom is 0.277 e. The Labute approximate surface area is 130 Å². The summed E-state index contributed by atoms with van der Waals surface area (Å²) in [6.45, 7) is -1.74. The largest absolute Gasteiger partial charge is 0.350 e. The normalized spacial score (nSPS) is 10.7. The van der Waals surface area contributed by atoms with Gasteiger partial charge in [0.2, 0.25) is 5.91 Å². The van der Waals surface area contributed by atoms with Crippen molar-refractivity contribution >= 4 is 35.6 Å². The predicted octanol–water partition coefficient (Wildman–Crippen LogP) is 1.92. The van der Waals surface area contributed by atoms with Crippen molar-refractivity contribution in [1.82, 2.24) is 5.32 Å². The SMILES string of the molecule is Cl.NCC(F)(F)CNC(=O)Cc1ccc([N+](=O)[O-])cc1Cl. The zero-order valence-electron chi connectivity index (χ0n) is 10.6. The number of nitrogens with two attached hydrogens (primary N) is 1. The van der Waals surface area contributed by atoms with Crippen LogP contribution in [0.25, 0.3) is 0 Å². The number of carbonyl (C=O) groups excluding carboxylic acids is 1. The number of hydrogen-bond acceptors (Lipinski definition) is 4. The molecular formula is C11H13Cl2F2N3O3. The van der Waals surface area contributed by atoms with E-state index >= 15 is 0 Å². The highest BCUT2D eigenvalue weighted by Crippen LogP contribution is 2.22. The Morgan fingerprint density at radius 3 is 2.57 bits per heavy atom. The molecule has 0 unspecified atom stereocenters. The van der Waals surface area contributed by atoms with Crippen molar-refractivity contribution in [2.45, 2.75) is 12.3 Å². The van der Waals surface area contributed by atoms with Gasteiger partial charge in [-0.1, -0.05) is 17.7 Å². The van der Waals surface area contributed by atoms with Crippen LogP contribution in [0.5, 0.6) is 0 Å². The maximum absolute atomic E-state index is 12.8. The van der Waals surface area contributed by atoms with Crippen molar-refractivity contribution in [2.24, 2.45) is 5.73 Å². The van der Waals surface area contributed by atoms with Crippen molar-refractivity contribution in [1.29, 1.82) is 0 Å². The van der Waals surface area contributed by atoms with Crippen molar-refractivity contribution < 1.29 is 18.5 Å². The molecule has 0 atom stereocenters. The van der Waals surface area contributed by atoms with Crippen LogP contribution in [-0.4, -0.2) is 29.8 Å². The molecule has 10 heteroatoms. The van der Waals surface area contributed by atoms with Gasteiger partial charge in [-0.05, 0) is 5.56 Å². The second-order valence-corrected chi connectivity index (χ2v) is 4.45. The molecular weight excluding hydrogens is 331 g/mol. The van der Waals surface area contributed by atoms with Crippen LogP contribution in [0.15, 0.2) is 18.2 Å². The summed E-state index contributed by atoms with van der Waals surface area (Å²) in [7, 11) is 0. The fourth-order valence-corrected chi connectivity index (χ4v) is 1.57. The first-order valence-electron chi connectivity index (χ1n) is 5.52. The summed E-state index contributed by atoms with van der Waals surface area (Å²) in [4.78, 5) is 21.3. The Morgan fingerprint density at radius 2 is 2.10 bits per heavy atom. The van der Waals surface area contributed by atoms with E-state index in [1.165, 1.54) is 12.1 Å². The molecule has 3 N–H and O–H groups in total. The Hall–Kier alpha value is -1.51. The van der Waals surface area contributed by atoms with Crippen LogP contribution in [0.4, 0.5) is 14.5 Å². The lowest BCUT2D eigenvalue weighted by Crippen LogP contribution is -2.42. The van der Waals surface area contributed by atoms with Gasteiger partial charge in [-0.3, -0.25) is 14.9 Å². The molecule has 0 radical (unpaired) electrons. The van der Waals surface area contributed by atoms with E-state index in [-0.39, 0.29) is 29.5 Å². The molecule has 0 aliphatic heterocycles. The molecule has 0 aliphatic carbocycles. The Kier molecular flexibility index (Phi) is 7.48. The first kappa shape index (κ1) is 19.5. The summed E-state index contributed by atoms with van der Waals surface area (Å²) in [5.74, 6) is -3.84. The molecule has 0 heterocycles. The van der Waals surface area contributed by atoms with E-state index < -0.39 is 29.8 Å². The average Bonchev–Trinajstić information content (AvgIpc) is 2.39. The Morgan fingerprint density at radius 1 is 1.48 bits per heavy atom. The average molecular weight is 344 g/mol. The van der Waals surface area contributed by atoms with E-state index in [0.717, 1.165) is 6.07 Å². The number of hydrogen-bond donors (Lipinski definition) is 2. The van der Waals surface area contributed by atoms with Crippen LogP contribution in [-0.2, 0) is 11.2 Å².